The minimum absolute atomic E-state index is 0.0262. The highest BCUT2D eigenvalue weighted by Crippen LogP contribution is 2.44. The highest BCUT2D eigenvalue weighted by molar-refractivity contribution is 7.91. The van der Waals surface area contributed by atoms with Gasteiger partial charge in [-0.1, -0.05) is 13.8 Å². The Balaban J connectivity index is 1.47. The van der Waals surface area contributed by atoms with Crippen molar-refractivity contribution >= 4 is 27.4 Å². The van der Waals surface area contributed by atoms with Crippen LogP contribution in [0.25, 0.3) is 5.69 Å². The first-order chi connectivity index (χ1) is 18.8. The summed E-state index contributed by atoms with van der Waals surface area (Å²) in [5.74, 6) is -1.93. The third kappa shape index (κ3) is 5.48. The zero-order valence-corrected chi connectivity index (χ0v) is 24.2. The highest BCUT2D eigenvalue weighted by Gasteiger charge is 2.43. The summed E-state index contributed by atoms with van der Waals surface area (Å²) >= 11 is 0. The number of amides is 1. The monoisotopic (exact) mass is 576 g/mol. The zero-order chi connectivity index (χ0) is 29.0. The number of hydrogen-bond donors (Lipinski definition) is 2. The molecule has 5 rings (SSSR count). The molecule has 1 aliphatic carbocycles. The average Bonchev–Trinajstić information content (AvgIpc) is 3.37. The van der Waals surface area contributed by atoms with Gasteiger partial charge in [-0.25, -0.2) is 12.8 Å². The number of carbonyl (C=O) groups is 2. The predicted molar refractivity (Wildman–Crippen MR) is 147 cm³/mol. The van der Waals surface area contributed by atoms with Crippen LogP contribution in [0.2, 0.25) is 0 Å². The molecule has 1 saturated carbocycles. The molecule has 0 radical (unpaired) electrons. The van der Waals surface area contributed by atoms with Crippen molar-refractivity contribution in [2.75, 3.05) is 31.7 Å². The number of benzene rings is 1. The third-order valence-electron chi connectivity index (χ3n) is 7.80. The Morgan fingerprint density at radius 2 is 1.88 bits per heavy atom. The molecule has 3 aliphatic rings. The molecule has 1 fully saturated rings. The van der Waals surface area contributed by atoms with Crippen LogP contribution in [0.15, 0.2) is 17.0 Å². The first kappa shape index (κ1) is 28.6. The van der Waals surface area contributed by atoms with Crippen LogP contribution in [-0.4, -0.2) is 68.3 Å². The first-order valence-corrected chi connectivity index (χ1v) is 15.2. The van der Waals surface area contributed by atoms with Crippen LogP contribution in [0, 0.1) is 11.2 Å². The van der Waals surface area contributed by atoms with Gasteiger partial charge >= 0.3 is 5.97 Å². The van der Waals surface area contributed by atoms with E-state index in [0.717, 1.165) is 0 Å². The smallest absolute Gasteiger partial charge is 0.320 e. The largest absolute Gasteiger partial charge is 0.461 e. The van der Waals surface area contributed by atoms with Gasteiger partial charge in [0, 0.05) is 17.3 Å². The zero-order valence-electron chi connectivity index (χ0n) is 23.4. The number of rotatable bonds is 7. The molecular weight excluding hydrogens is 539 g/mol. The highest BCUT2D eigenvalue weighted by atomic mass is 32.2. The Hall–Kier alpha value is -2.96. The number of likely N-dealkylation sites (N-methyl/N-ethyl adjacent to an activating group) is 1. The van der Waals surface area contributed by atoms with Gasteiger partial charge in [-0.3, -0.25) is 14.5 Å². The number of nitrogens with two attached hydrogens (primary N) is 1. The fourth-order valence-electron chi connectivity index (χ4n) is 6.30. The lowest BCUT2D eigenvalue weighted by Gasteiger charge is -2.31. The number of ether oxygens (including phenoxy) is 2. The van der Waals surface area contributed by atoms with E-state index < -0.39 is 27.0 Å². The topological polar surface area (TPSA) is 133 Å². The molecule has 2 aliphatic heterocycles. The summed E-state index contributed by atoms with van der Waals surface area (Å²) in [5.41, 5.74) is 7.43. The molecule has 1 aromatic heterocycles. The van der Waals surface area contributed by atoms with E-state index in [1.807, 2.05) is 13.8 Å². The molecule has 40 heavy (non-hydrogen) atoms. The first-order valence-electron chi connectivity index (χ1n) is 13.6. The molecule has 218 valence electrons. The fraction of sp³-hybridized carbons (Fsp3) is 0.571. The second-order valence-corrected chi connectivity index (χ2v) is 14.1. The summed E-state index contributed by atoms with van der Waals surface area (Å²) in [4.78, 5) is 26.4. The molecule has 3 heterocycles. The molecule has 1 amide bonds. The van der Waals surface area contributed by atoms with Gasteiger partial charge in [0.15, 0.2) is 9.84 Å². The number of primary amides is 1. The van der Waals surface area contributed by atoms with Crippen molar-refractivity contribution in [3.63, 3.8) is 0 Å². The van der Waals surface area contributed by atoms with E-state index >= 15 is 4.39 Å². The Bertz CT molecular complexity index is 1460. The molecule has 0 spiro atoms. The van der Waals surface area contributed by atoms with E-state index in [4.69, 9.17) is 15.2 Å². The van der Waals surface area contributed by atoms with E-state index in [0.29, 0.717) is 54.7 Å². The summed E-state index contributed by atoms with van der Waals surface area (Å²) in [5, 5.41) is 3.31. The van der Waals surface area contributed by atoms with Crippen molar-refractivity contribution in [1.82, 2.24) is 9.47 Å². The van der Waals surface area contributed by atoms with E-state index in [9.17, 15) is 18.0 Å². The van der Waals surface area contributed by atoms with E-state index in [-0.39, 0.29) is 59.8 Å². The van der Waals surface area contributed by atoms with Crippen molar-refractivity contribution in [2.24, 2.45) is 11.1 Å². The molecule has 1 aromatic carbocycles. The molecule has 0 saturated heterocycles. The second kappa shape index (κ2) is 10.5. The maximum atomic E-state index is 15.5. The number of nitrogens with one attached hydrogen (secondary N) is 1. The summed E-state index contributed by atoms with van der Waals surface area (Å²) < 4.78 is 55.2. The lowest BCUT2D eigenvalue weighted by molar-refractivity contribution is -0.151. The molecule has 10 nitrogen and oxygen atoms in total. The van der Waals surface area contributed by atoms with Gasteiger partial charge in [-0.15, -0.1) is 0 Å². The van der Waals surface area contributed by atoms with Gasteiger partial charge in [0.05, 0.1) is 53.0 Å². The van der Waals surface area contributed by atoms with Crippen LogP contribution < -0.4 is 11.1 Å². The Kier molecular flexibility index (Phi) is 7.47. The number of aromatic nitrogens is 1. The molecule has 0 unspecified atom stereocenters. The van der Waals surface area contributed by atoms with Crippen LogP contribution in [0.3, 0.4) is 0 Å². The van der Waals surface area contributed by atoms with Gasteiger partial charge in [0.25, 0.3) is 5.91 Å². The molecular formula is C28H37FN4O6S. The van der Waals surface area contributed by atoms with Crippen molar-refractivity contribution in [3.8, 4) is 5.69 Å². The standard InChI is InChI=1S/C28H37FN4O6S/c1-28(2)11-22-26(40(36,37)15-28)19-13-38-14-23(19)33(22)17-9-20(29)25(27(30)35)21(10-17)31-16-5-7-18(8-6-16)39-24(34)12-32(3)4/h9-10,16,18,31H,5-8,11-15H2,1-4H3,(H2,30,35). The van der Waals surface area contributed by atoms with Gasteiger partial charge in [0.1, 0.15) is 11.9 Å². The molecule has 2 aromatic rings. The van der Waals surface area contributed by atoms with E-state index in [1.54, 1.807) is 29.6 Å². The summed E-state index contributed by atoms with van der Waals surface area (Å²) in [6.07, 6.45) is 2.87. The molecule has 0 bridgehead atoms. The van der Waals surface area contributed by atoms with Crippen molar-refractivity contribution < 1.29 is 31.9 Å². The predicted octanol–water partition coefficient (Wildman–Crippen LogP) is 2.93. The van der Waals surface area contributed by atoms with E-state index in [1.165, 1.54) is 6.07 Å². The summed E-state index contributed by atoms with van der Waals surface area (Å²) in [6.45, 7) is 4.41. The Morgan fingerprint density at radius 1 is 1.18 bits per heavy atom. The average molecular weight is 577 g/mol. The van der Waals surface area contributed by atoms with Gasteiger partial charge in [0.2, 0.25) is 0 Å². The quantitative estimate of drug-likeness (QED) is 0.481. The van der Waals surface area contributed by atoms with Gasteiger partial charge < -0.3 is 25.1 Å². The molecule has 3 N–H and O–H groups in total. The van der Waals surface area contributed by atoms with Crippen molar-refractivity contribution in [2.45, 2.75) is 76.2 Å². The van der Waals surface area contributed by atoms with Crippen molar-refractivity contribution in [3.05, 3.63) is 40.5 Å². The number of nitrogens with zero attached hydrogens (tertiary/aromatic N) is 2. The minimum atomic E-state index is -3.57. The lowest BCUT2D eigenvalue weighted by atomic mass is 9.89. The van der Waals surface area contributed by atoms with Gasteiger partial charge in [-0.05, 0) is 63.7 Å². The Morgan fingerprint density at radius 3 is 2.52 bits per heavy atom. The van der Waals surface area contributed by atoms with Gasteiger partial charge in [-0.2, -0.15) is 0 Å². The number of anilines is 1. The second-order valence-electron chi connectivity index (χ2n) is 12.2. The number of fused-ring (bicyclic) bond motifs is 3. The summed E-state index contributed by atoms with van der Waals surface area (Å²) in [6, 6.07) is 2.81. The normalized spacial score (nSPS) is 22.9. The summed E-state index contributed by atoms with van der Waals surface area (Å²) in [7, 11) is 0.0334. The lowest BCUT2D eigenvalue weighted by Crippen LogP contribution is -2.34. The van der Waals surface area contributed by atoms with Crippen LogP contribution >= 0.6 is 0 Å². The minimum Gasteiger partial charge on any atom is -0.461 e. The maximum Gasteiger partial charge on any atom is 0.320 e. The number of sulfone groups is 1. The van der Waals surface area contributed by atoms with Crippen LogP contribution in [0.1, 0.15) is 66.8 Å². The van der Waals surface area contributed by atoms with Crippen LogP contribution in [0.5, 0.6) is 0 Å². The number of carbonyl (C=O) groups excluding carboxylic acids is 2. The SMILES string of the molecule is CN(C)CC(=O)OC1CCC(Nc2cc(-n3c4c(c5c3CC(C)(C)CS5(=O)=O)COC4)cc(F)c2C(N)=O)CC1. The van der Waals surface area contributed by atoms with Crippen LogP contribution in [0.4, 0.5) is 10.1 Å². The maximum absolute atomic E-state index is 15.5. The van der Waals surface area contributed by atoms with Crippen molar-refractivity contribution in [1.29, 1.82) is 0 Å². The molecule has 12 heteroatoms. The number of esters is 1. The third-order valence-corrected chi connectivity index (χ3v) is 10.1. The van der Waals surface area contributed by atoms with Crippen LogP contribution in [-0.2, 0) is 43.7 Å². The van der Waals surface area contributed by atoms with E-state index in [2.05, 4.69) is 5.32 Å². The number of hydrogen-bond acceptors (Lipinski definition) is 8. The Labute approximate surface area is 233 Å². The number of halogens is 1. The molecule has 0 atom stereocenters. The fourth-order valence-corrected chi connectivity index (χ4v) is 8.65.